The average Bonchev–Trinajstić information content (AvgIpc) is 2.34. The van der Waals surface area contributed by atoms with Crippen LogP contribution in [0.1, 0.15) is 11.6 Å². The molecule has 1 fully saturated rings. The lowest BCUT2D eigenvalue weighted by molar-refractivity contribution is -0.144. The highest BCUT2D eigenvalue weighted by Crippen LogP contribution is 2.25. The molecule has 1 aromatic rings. The van der Waals surface area contributed by atoms with E-state index in [-0.39, 0.29) is 5.56 Å². The van der Waals surface area contributed by atoms with Crippen LogP contribution in [-0.4, -0.2) is 54.1 Å². The zero-order chi connectivity index (χ0) is 14.0. The molecule has 1 aliphatic rings. The third-order valence-corrected chi connectivity index (χ3v) is 3.39. The van der Waals surface area contributed by atoms with Gasteiger partial charge in [-0.3, -0.25) is 9.69 Å². The van der Waals surface area contributed by atoms with Gasteiger partial charge in [0, 0.05) is 37.8 Å². The van der Waals surface area contributed by atoms with E-state index in [4.69, 9.17) is 0 Å². The van der Waals surface area contributed by atoms with E-state index >= 15 is 0 Å². The Kier molecular flexibility index (Phi) is 4.11. The smallest absolute Gasteiger partial charge is 0.325 e. The Hall–Kier alpha value is -1.53. The van der Waals surface area contributed by atoms with Crippen LogP contribution in [-0.2, 0) is 4.79 Å². The molecule has 0 saturated carbocycles. The highest BCUT2D eigenvalue weighted by molar-refractivity contribution is 5.75. The largest absolute Gasteiger partial charge is 0.480 e. The van der Waals surface area contributed by atoms with E-state index in [1.807, 2.05) is 7.05 Å². The molecule has 1 atom stereocenters. The van der Waals surface area contributed by atoms with Crippen molar-refractivity contribution in [3.05, 3.63) is 35.4 Å². The highest BCUT2D eigenvalue weighted by atomic mass is 19.1. The minimum Gasteiger partial charge on any atom is -0.480 e. The first-order valence-electron chi connectivity index (χ1n) is 6.09. The van der Waals surface area contributed by atoms with E-state index in [0.29, 0.717) is 13.1 Å². The summed E-state index contributed by atoms with van der Waals surface area (Å²) in [5, 5.41) is 9.32. The van der Waals surface area contributed by atoms with Crippen molar-refractivity contribution in [3.8, 4) is 0 Å². The van der Waals surface area contributed by atoms with Gasteiger partial charge >= 0.3 is 5.97 Å². The van der Waals surface area contributed by atoms with E-state index in [2.05, 4.69) is 4.90 Å². The molecule has 1 saturated heterocycles. The molecule has 1 N–H and O–H groups in total. The van der Waals surface area contributed by atoms with Gasteiger partial charge in [0.05, 0.1) is 0 Å². The number of nitrogens with zero attached hydrogens (tertiary/aromatic N) is 2. The lowest BCUT2D eigenvalue weighted by Gasteiger charge is -2.36. The molecule has 0 spiro atoms. The van der Waals surface area contributed by atoms with E-state index in [0.717, 1.165) is 25.2 Å². The number of aliphatic carboxylic acids is 1. The second kappa shape index (κ2) is 5.63. The topological polar surface area (TPSA) is 43.8 Å². The summed E-state index contributed by atoms with van der Waals surface area (Å²) in [6, 6.07) is 1.96. The molecular formula is C13H16F2N2O2. The summed E-state index contributed by atoms with van der Waals surface area (Å²) >= 11 is 0. The predicted octanol–water partition coefficient (Wildman–Crippen LogP) is 1.34. The Morgan fingerprint density at radius 2 is 1.89 bits per heavy atom. The van der Waals surface area contributed by atoms with Crippen molar-refractivity contribution in [2.24, 2.45) is 0 Å². The zero-order valence-electron chi connectivity index (χ0n) is 10.6. The van der Waals surface area contributed by atoms with Gasteiger partial charge in [0.2, 0.25) is 0 Å². The molecule has 104 valence electrons. The Morgan fingerprint density at radius 3 is 2.42 bits per heavy atom. The molecule has 1 heterocycles. The summed E-state index contributed by atoms with van der Waals surface area (Å²) < 4.78 is 26.6. The van der Waals surface area contributed by atoms with Crippen LogP contribution in [0.15, 0.2) is 18.2 Å². The number of likely N-dealkylation sites (N-methyl/N-ethyl adjacent to an activating group) is 1. The minimum atomic E-state index is -1.12. The lowest BCUT2D eigenvalue weighted by atomic mass is 10.0. The third-order valence-electron chi connectivity index (χ3n) is 3.39. The van der Waals surface area contributed by atoms with E-state index in [1.54, 1.807) is 4.90 Å². The van der Waals surface area contributed by atoms with Crippen LogP contribution in [0.5, 0.6) is 0 Å². The van der Waals surface area contributed by atoms with E-state index in [1.165, 1.54) is 6.07 Å². The van der Waals surface area contributed by atoms with Crippen LogP contribution in [0, 0.1) is 11.6 Å². The first-order valence-corrected chi connectivity index (χ1v) is 6.09. The standard InChI is InChI=1S/C13H16F2N2O2/c1-16-4-6-17(7-5-16)12(13(18)19)10-3-2-9(14)8-11(10)15/h2-3,8,12H,4-7H2,1H3,(H,18,19). The van der Waals surface area contributed by atoms with Gasteiger partial charge in [-0.1, -0.05) is 6.07 Å². The van der Waals surface area contributed by atoms with Crippen molar-refractivity contribution in [2.45, 2.75) is 6.04 Å². The fourth-order valence-electron chi connectivity index (χ4n) is 2.29. The molecule has 19 heavy (non-hydrogen) atoms. The van der Waals surface area contributed by atoms with Gasteiger partial charge in [-0.2, -0.15) is 0 Å². The number of carbonyl (C=O) groups is 1. The Morgan fingerprint density at radius 1 is 1.26 bits per heavy atom. The fourth-order valence-corrected chi connectivity index (χ4v) is 2.29. The molecule has 0 aromatic heterocycles. The van der Waals surface area contributed by atoms with Gasteiger partial charge in [0.25, 0.3) is 0 Å². The van der Waals surface area contributed by atoms with Crippen molar-refractivity contribution in [2.75, 3.05) is 33.2 Å². The molecule has 0 aliphatic carbocycles. The lowest BCUT2D eigenvalue weighted by Crippen LogP contribution is -2.48. The number of carboxylic acids is 1. The summed E-state index contributed by atoms with van der Waals surface area (Å²) in [6.45, 7) is 2.55. The zero-order valence-corrected chi connectivity index (χ0v) is 10.6. The number of benzene rings is 1. The van der Waals surface area contributed by atoms with Crippen molar-refractivity contribution in [1.29, 1.82) is 0 Å². The molecule has 1 unspecified atom stereocenters. The third kappa shape index (κ3) is 3.08. The van der Waals surface area contributed by atoms with Crippen molar-refractivity contribution in [3.63, 3.8) is 0 Å². The SMILES string of the molecule is CN1CCN(C(C(=O)O)c2ccc(F)cc2F)CC1. The number of halogens is 2. The number of hydrogen-bond acceptors (Lipinski definition) is 3. The molecule has 0 amide bonds. The molecule has 0 radical (unpaired) electrons. The molecule has 2 rings (SSSR count). The first-order chi connectivity index (χ1) is 8.99. The van der Waals surface area contributed by atoms with Gasteiger partial charge in [-0.25, -0.2) is 8.78 Å². The molecular weight excluding hydrogens is 254 g/mol. The van der Waals surface area contributed by atoms with Crippen LogP contribution in [0.3, 0.4) is 0 Å². The molecule has 0 bridgehead atoms. The molecule has 4 nitrogen and oxygen atoms in total. The van der Waals surface area contributed by atoms with Crippen molar-refractivity contribution >= 4 is 5.97 Å². The van der Waals surface area contributed by atoms with E-state index in [9.17, 15) is 18.7 Å². The summed E-state index contributed by atoms with van der Waals surface area (Å²) in [5.41, 5.74) is 0.0125. The van der Waals surface area contributed by atoms with Gasteiger partial charge in [0.1, 0.15) is 17.7 Å². The predicted molar refractivity (Wildman–Crippen MR) is 65.8 cm³/mol. The number of rotatable bonds is 3. The number of carboxylic acid groups (broad SMARTS) is 1. The highest BCUT2D eigenvalue weighted by Gasteiger charge is 2.31. The maximum atomic E-state index is 13.8. The summed E-state index contributed by atoms with van der Waals surface area (Å²) in [4.78, 5) is 15.2. The summed E-state index contributed by atoms with van der Waals surface area (Å²) in [5.74, 6) is -2.63. The quantitative estimate of drug-likeness (QED) is 0.900. The van der Waals surface area contributed by atoms with Crippen LogP contribution in [0.25, 0.3) is 0 Å². The van der Waals surface area contributed by atoms with Crippen molar-refractivity contribution < 1.29 is 18.7 Å². The van der Waals surface area contributed by atoms with Crippen LogP contribution in [0.2, 0.25) is 0 Å². The monoisotopic (exact) mass is 270 g/mol. The second-order valence-electron chi connectivity index (χ2n) is 4.75. The number of hydrogen-bond donors (Lipinski definition) is 1. The normalized spacial score (nSPS) is 19.3. The van der Waals surface area contributed by atoms with Crippen LogP contribution >= 0.6 is 0 Å². The van der Waals surface area contributed by atoms with E-state index < -0.39 is 23.6 Å². The molecule has 6 heteroatoms. The Labute approximate surface area is 110 Å². The Bertz CT molecular complexity index is 474. The summed E-state index contributed by atoms with van der Waals surface area (Å²) in [6.07, 6.45) is 0. The Balaban J connectivity index is 2.27. The summed E-state index contributed by atoms with van der Waals surface area (Å²) in [7, 11) is 1.95. The molecule has 1 aromatic carbocycles. The van der Waals surface area contributed by atoms with Crippen molar-refractivity contribution in [1.82, 2.24) is 9.80 Å². The fraction of sp³-hybridized carbons (Fsp3) is 0.462. The van der Waals surface area contributed by atoms with Gasteiger partial charge in [-0.05, 0) is 13.1 Å². The maximum Gasteiger partial charge on any atom is 0.325 e. The van der Waals surface area contributed by atoms with Crippen LogP contribution in [0.4, 0.5) is 8.78 Å². The average molecular weight is 270 g/mol. The number of piperazine rings is 1. The maximum absolute atomic E-state index is 13.8. The second-order valence-corrected chi connectivity index (χ2v) is 4.75. The first kappa shape index (κ1) is 13.9. The minimum absolute atomic E-state index is 0.0125. The van der Waals surface area contributed by atoms with Crippen LogP contribution < -0.4 is 0 Å². The van der Waals surface area contributed by atoms with Gasteiger partial charge in [0.15, 0.2) is 0 Å². The van der Waals surface area contributed by atoms with Gasteiger partial charge < -0.3 is 10.0 Å². The molecule has 1 aliphatic heterocycles. The van der Waals surface area contributed by atoms with Gasteiger partial charge in [-0.15, -0.1) is 0 Å².